The highest BCUT2D eigenvalue weighted by atomic mass is 35.5. The summed E-state index contributed by atoms with van der Waals surface area (Å²) in [6.07, 6.45) is 3.11. The molecule has 0 unspecified atom stereocenters. The Labute approximate surface area is 99.3 Å². The number of nitrogens with two attached hydrogens (primary N) is 1. The summed E-state index contributed by atoms with van der Waals surface area (Å²) in [5.41, 5.74) is 0.746. The van der Waals surface area contributed by atoms with Crippen LogP contribution in [0.4, 0.5) is 0 Å². The Balaban J connectivity index is 3.11. The van der Waals surface area contributed by atoms with Crippen molar-refractivity contribution >= 4 is 17.8 Å². The largest absolute Gasteiger partial charge is 0.493 e. The van der Waals surface area contributed by atoms with Crippen molar-refractivity contribution < 1.29 is 9.47 Å². The van der Waals surface area contributed by atoms with Crippen molar-refractivity contribution in [2.24, 2.45) is 10.9 Å². The van der Waals surface area contributed by atoms with Crippen molar-refractivity contribution in [1.82, 2.24) is 0 Å². The number of rotatable bonds is 5. The van der Waals surface area contributed by atoms with E-state index in [1.54, 1.807) is 18.2 Å². The first kappa shape index (κ1) is 12.4. The molecule has 0 aliphatic heterocycles. The molecule has 1 aromatic rings. The predicted molar refractivity (Wildman–Crippen MR) is 65.5 cm³/mol. The summed E-state index contributed by atoms with van der Waals surface area (Å²) in [7, 11) is 1.54. The number of hydrogen-bond donors (Lipinski definition) is 1. The van der Waals surface area contributed by atoms with E-state index in [2.05, 4.69) is 11.7 Å². The first-order chi connectivity index (χ1) is 7.72. The highest BCUT2D eigenvalue weighted by Crippen LogP contribution is 2.35. The van der Waals surface area contributed by atoms with Gasteiger partial charge in [0.1, 0.15) is 6.61 Å². The minimum atomic E-state index is 0.362. The van der Waals surface area contributed by atoms with Gasteiger partial charge in [0.05, 0.1) is 18.3 Å². The van der Waals surface area contributed by atoms with Gasteiger partial charge in [-0.3, -0.25) is 0 Å². The molecule has 0 amide bonds. The van der Waals surface area contributed by atoms with E-state index >= 15 is 0 Å². The lowest BCUT2D eigenvalue weighted by atomic mass is 10.2. The van der Waals surface area contributed by atoms with Gasteiger partial charge in [-0.05, 0) is 17.7 Å². The maximum Gasteiger partial charge on any atom is 0.180 e. The molecule has 0 fully saturated rings. The lowest BCUT2D eigenvalue weighted by molar-refractivity contribution is 0.326. The molecule has 4 nitrogen and oxygen atoms in total. The maximum absolute atomic E-state index is 6.04. The van der Waals surface area contributed by atoms with Crippen molar-refractivity contribution in [3.8, 4) is 11.5 Å². The van der Waals surface area contributed by atoms with E-state index in [0.717, 1.165) is 5.56 Å². The summed E-state index contributed by atoms with van der Waals surface area (Å²) in [4.78, 5) is 0. The fraction of sp³-hybridized carbons (Fsp3) is 0.182. The standard InChI is InChI=1S/C11H13ClN2O2/c1-3-4-16-11-9(12)5-8(7-14-13)6-10(11)15-2/h3,5-7H,1,4,13H2,2H3. The first-order valence-corrected chi connectivity index (χ1v) is 4.95. The zero-order valence-corrected chi connectivity index (χ0v) is 9.70. The summed E-state index contributed by atoms with van der Waals surface area (Å²) >= 11 is 6.04. The van der Waals surface area contributed by atoms with E-state index in [-0.39, 0.29) is 0 Å². The van der Waals surface area contributed by atoms with Crippen LogP contribution in [0, 0.1) is 0 Å². The van der Waals surface area contributed by atoms with Gasteiger partial charge >= 0.3 is 0 Å². The van der Waals surface area contributed by atoms with Gasteiger partial charge in [-0.15, -0.1) is 0 Å². The molecule has 0 spiro atoms. The van der Waals surface area contributed by atoms with Crippen LogP contribution in [0.3, 0.4) is 0 Å². The lowest BCUT2D eigenvalue weighted by Crippen LogP contribution is -1.98. The van der Waals surface area contributed by atoms with Gasteiger partial charge in [-0.2, -0.15) is 5.10 Å². The summed E-state index contributed by atoms with van der Waals surface area (Å²) in [5.74, 6) is 6.08. The van der Waals surface area contributed by atoms with Crippen LogP contribution in [-0.4, -0.2) is 19.9 Å². The molecule has 86 valence electrons. The van der Waals surface area contributed by atoms with Gasteiger partial charge in [-0.1, -0.05) is 24.3 Å². The second-order valence-electron chi connectivity index (χ2n) is 2.91. The Hall–Kier alpha value is -1.68. The third kappa shape index (κ3) is 2.90. The Kier molecular flexibility index (Phi) is 4.66. The third-order valence-corrected chi connectivity index (χ3v) is 2.10. The maximum atomic E-state index is 6.04. The Bertz CT molecular complexity index is 405. The van der Waals surface area contributed by atoms with Crippen LogP contribution in [0.5, 0.6) is 11.5 Å². The highest BCUT2D eigenvalue weighted by molar-refractivity contribution is 6.32. The number of ether oxygens (including phenoxy) is 2. The van der Waals surface area contributed by atoms with E-state index in [1.165, 1.54) is 13.3 Å². The molecule has 0 radical (unpaired) electrons. The Morgan fingerprint density at radius 3 is 2.88 bits per heavy atom. The van der Waals surface area contributed by atoms with Crippen LogP contribution in [-0.2, 0) is 0 Å². The molecule has 5 heteroatoms. The van der Waals surface area contributed by atoms with Gasteiger partial charge in [0.25, 0.3) is 0 Å². The topological polar surface area (TPSA) is 56.8 Å². The summed E-state index contributed by atoms with van der Waals surface area (Å²) < 4.78 is 10.6. The average Bonchev–Trinajstić information content (AvgIpc) is 2.27. The molecule has 0 aliphatic carbocycles. The van der Waals surface area contributed by atoms with E-state index in [1.807, 2.05) is 0 Å². The van der Waals surface area contributed by atoms with Gasteiger partial charge in [0, 0.05) is 0 Å². The normalized spacial score (nSPS) is 10.4. The molecule has 0 bridgehead atoms. The summed E-state index contributed by atoms with van der Waals surface area (Å²) in [6, 6.07) is 3.43. The monoisotopic (exact) mass is 240 g/mol. The zero-order chi connectivity index (χ0) is 12.0. The zero-order valence-electron chi connectivity index (χ0n) is 8.94. The predicted octanol–water partition coefficient (Wildman–Crippen LogP) is 2.21. The van der Waals surface area contributed by atoms with Gasteiger partial charge in [0.2, 0.25) is 0 Å². The molecule has 0 saturated carbocycles. The molecule has 2 N–H and O–H groups in total. The highest BCUT2D eigenvalue weighted by Gasteiger charge is 2.10. The van der Waals surface area contributed by atoms with Crippen LogP contribution >= 0.6 is 11.6 Å². The van der Waals surface area contributed by atoms with E-state index in [0.29, 0.717) is 23.1 Å². The number of halogens is 1. The molecule has 1 aromatic carbocycles. The average molecular weight is 241 g/mol. The van der Waals surface area contributed by atoms with Crippen LogP contribution in [0.2, 0.25) is 5.02 Å². The molecular formula is C11H13ClN2O2. The molecule has 0 atom stereocenters. The van der Waals surface area contributed by atoms with E-state index in [4.69, 9.17) is 26.9 Å². The number of hydrazone groups is 1. The SMILES string of the molecule is C=CCOc1c(Cl)cc(C=NN)cc1OC. The Morgan fingerprint density at radius 2 is 2.31 bits per heavy atom. The summed E-state index contributed by atoms with van der Waals surface area (Å²) in [6.45, 7) is 3.92. The minimum absolute atomic E-state index is 0.362. The molecule has 1 rings (SSSR count). The first-order valence-electron chi connectivity index (χ1n) is 4.57. The van der Waals surface area contributed by atoms with E-state index < -0.39 is 0 Å². The molecule has 0 heterocycles. The lowest BCUT2D eigenvalue weighted by Gasteiger charge is -2.11. The second-order valence-corrected chi connectivity index (χ2v) is 3.32. The fourth-order valence-corrected chi connectivity index (χ4v) is 1.46. The number of nitrogens with zero attached hydrogens (tertiary/aromatic N) is 1. The van der Waals surface area contributed by atoms with Crippen molar-refractivity contribution in [3.63, 3.8) is 0 Å². The molecular weight excluding hydrogens is 228 g/mol. The third-order valence-electron chi connectivity index (χ3n) is 1.82. The molecule has 16 heavy (non-hydrogen) atoms. The molecule has 0 aliphatic rings. The minimum Gasteiger partial charge on any atom is -0.493 e. The van der Waals surface area contributed by atoms with Crippen LogP contribution in [0.15, 0.2) is 29.9 Å². The van der Waals surface area contributed by atoms with Crippen molar-refractivity contribution in [2.45, 2.75) is 0 Å². The summed E-state index contributed by atoms with van der Waals surface area (Å²) in [5, 5.41) is 3.86. The molecule has 0 saturated heterocycles. The van der Waals surface area contributed by atoms with Crippen LogP contribution in [0.1, 0.15) is 5.56 Å². The number of hydrogen-bond acceptors (Lipinski definition) is 4. The fourth-order valence-electron chi connectivity index (χ4n) is 1.18. The number of benzene rings is 1. The van der Waals surface area contributed by atoms with Crippen LogP contribution < -0.4 is 15.3 Å². The van der Waals surface area contributed by atoms with Gasteiger partial charge in [-0.25, -0.2) is 0 Å². The van der Waals surface area contributed by atoms with Gasteiger partial charge < -0.3 is 15.3 Å². The van der Waals surface area contributed by atoms with Crippen molar-refractivity contribution in [3.05, 3.63) is 35.4 Å². The van der Waals surface area contributed by atoms with E-state index in [9.17, 15) is 0 Å². The quantitative estimate of drug-likeness (QED) is 0.372. The van der Waals surface area contributed by atoms with Crippen LogP contribution in [0.25, 0.3) is 0 Å². The van der Waals surface area contributed by atoms with Crippen molar-refractivity contribution in [2.75, 3.05) is 13.7 Å². The Morgan fingerprint density at radius 1 is 1.56 bits per heavy atom. The smallest absolute Gasteiger partial charge is 0.180 e. The number of methoxy groups -OCH3 is 1. The molecule has 0 aromatic heterocycles. The second kappa shape index (κ2) is 6.02. The van der Waals surface area contributed by atoms with Gasteiger partial charge in [0.15, 0.2) is 11.5 Å². The van der Waals surface area contributed by atoms with Crippen molar-refractivity contribution in [1.29, 1.82) is 0 Å².